The van der Waals surface area contributed by atoms with Crippen LogP contribution in [0.15, 0.2) is 18.7 Å². The van der Waals surface area contributed by atoms with E-state index in [1.54, 1.807) is 7.11 Å². The van der Waals surface area contributed by atoms with Gasteiger partial charge in [-0.2, -0.15) is 0 Å². The Morgan fingerprint density at radius 3 is 2.84 bits per heavy atom. The van der Waals surface area contributed by atoms with Crippen LogP contribution in [-0.4, -0.2) is 33.7 Å². The molecule has 0 aliphatic rings. The normalized spacial score (nSPS) is 10.5. The third-order valence-corrected chi connectivity index (χ3v) is 2.91. The lowest BCUT2D eigenvalue weighted by Gasteiger charge is -2.11. The van der Waals surface area contributed by atoms with E-state index in [2.05, 4.69) is 31.8 Å². The van der Waals surface area contributed by atoms with Crippen molar-refractivity contribution in [2.45, 2.75) is 26.3 Å². The summed E-state index contributed by atoms with van der Waals surface area (Å²) in [6, 6.07) is 0. The maximum Gasteiger partial charge on any atom is 0.183 e. The van der Waals surface area contributed by atoms with Crippen molar-refractivity contribution >= 4 is 5.82 Å². The molecule has 2 aromatic rings. The molecule has 0 amide bonds. The zero-order valence-corrected chi connectivity index (χ0v) is 11.6. The van der Waals surface area contributed by atoms with Gasteiger partial charge in [0.15, 0.2) is 11.6 Å². The van der Waals surface area contributed by atoms with E-state index in [-0.39, 0.29) is 0 Å². The van der Waals surface area contributed by atoms with Crippen molar-refractivity contribution in [3.05, 3.63) is 30.2 Å². The molecule has 1 N–H and O–H groups in total. The largest absolute Gasteiger partial charge is 0.491 e. The first-order valence-corrected chi connectivity index (χ1v) is 6.35. The number of aromatic nitrogens is 4. The lowest BCUT2D eigenvalue weighted by Crippen LogP contribution is -2.08. The van der Waals surface area contributed by atoms with Crippen molar-refractivity contribution in [2.24, 2.45) is 0 Å². The van der Waals surface area contributed by atoms with Crippen molar-refractivity contribution in [1.82, 2.24) is 19.5 Å². The van der Waals surface area contributed by atoms with E-state index in [0.29, 0.717) is 18.0 Å². The number of aryl methyl sites for hydroxylation is 1. The highest BCUT2D eigenvalue weighted by Gasteiger charge is 2.13. The van der Waals surface area contributed by atoms with Gasteiger partial charge in [0.1, 0.15) is 12.2 Å². The predicted molar refractivity (Wildman–Crippen MR) is 73.5 cm³/mol. The standard InChI is InChI=1S/C13H19N5O/c1-4-6-18-7-5-15-11(18)8-10-12(19-3)13(14-2)17-9-16-10/h5,7,9H,4,6,8H2,1-3H3,(H,14,16,17). The smallest absolute Gasteiger partial charge is 0.183 e. The monoisotopic (exact) mass is 261 g/mol. The maximum absolute atomic E-state index is 5.39. The van der Waals surface area contributed by atoms with Gasteiger partial charge in [0.05, 0.1) is 19.2 Å². The van der Waals surface area contributed by atoms with Gasteiger partial charge in [-0.05, 0) is 6.42 Å². The highest BCUT2D eigenvalue weighted by atomic mass is 16.5. The molecule has 0 spiro atoms. The molecule has 102 valence electrons. The predicted octanol–water partition coefficient (Wildman–Crippen LogP) is 1.72. The maximum atomic E-state index is 5.39. The minimum atomic E-state index is 0.632. The molecule has 0 unspecified atom stereocenters. The number of hydrogen-bond acceptors (Lipinski definition) is 5. The molecule has 6 heteroatoms. The van der Waals surface area contributed by atoms with Crippen molar-refractivity contribution < 1.29 is 4.74 Å². The van der Waals surface area contributed by atoms with E-state index in [1.807, 2.05) is 19.4 Å². The molecule has 2 rings (SSSR count). The Hall–Kier alpha value is -2.11. The minimum absolute atomic E-state index is 0.632. The first kappa shape index (κ1) is 13.3. The molecule has 0 saturated carbocycles. The summed E-state index contributed by atoms with van der Waals surface area (Å²) in [5.74, 6) is 2.36. The second-order valence-electron chi connectivity index (χ2n) is 4.17. The number of anilines is 1. The number of ether oxygens (including phenoxy) is 1. The minimum Gasteiger partial charge on any atom is -0.491 e. The average molecular weight is 261 g/mol. The fourth-order valence-electron chi connectivity index (χ4n) is 2.03. The molecule has 0 aliphatic carbocycles. The Kier molecular flexibility index (Phi) is 4.33. The summed E-state index contributed by atoms with van der Waals surface area (Å²) >= 11 is 0. The Bertz CT molecular complexity index is 538. The Labute approximate surface area is 112 Å². The second-order valence-corrected chi connectivity index (χ2v) is 4.17. The van der Waals surface area contributed by atoms with Crippen LogP contribution in [0.3, 0.4) is 0 Å². The lowest BCUT2D eigenvalue weighted by atomic mass is 10.2. The van der Waals surface area contributed by atoms with E-state index in [9.17, 15) is 0 Å². The Morgan fingerprint density at radius 1 is 1.32 bits per heavy atom. The first-order valence-electron chi connectivity index (χ1n) is 6.35. The van der Waals surface area contributed by atoms with Crippen LogP contribution in [-0.2, 0) is 13.0 Å². The van der Waals surface area contributed by atoms with Gasteiger partial charge in [-0.3, -0.25) is 0 Å². The van der Waals surface area contributed by atoms with Gasteiger partial charge in [-0.1, -0.05) is 6.92 Å². The molecule has 0 aromatic carbocycles. The van der Waals surface area contributed by atoms with Gasteiger partial charge >= 0.3 is 0 Å². The van der Waals surface area contributed by atoms with Crippen LogP contribution in [0.1, 0.15) is 24.9 Å². The molecule has 0 saturated heterocycles. The summed E-state index contributed by atoms with van der Waals surface area (Å²) in [6.07, 6.45) is 7.05. The molecule has 0 aliphatic heterocycles. The number of methoxy groups -OCH3 is 1. The number of imidazole rings is 1. The van der Waals surface area contributed by atoms with E-state index >= 15 is 0 Å². The van der Waals surface area contributed by atoms with Gasteiger partial charge in [-0.15, -0.1) is 0 Å². The van der Waals surface area contributed by atoms with Gasteiger partial charge in [0.25, 0.3) is 0 Å². The molecule has 2 aromatic heterocycles. The Morgan fingerprint density at radius 2 is 2.16 bits per heavy atom. The molecule has 19 heavy (non-hydrogen) atoms. The lowest BCUT2D eigenvalue weighted by molar-refractivity contribution is 0.407. The first-order chi connectivity index (χ1) is 9.30. The number of hydrogen-bond donors (Lipinski definition) is 1. The van der Waals surface area contributed by atoms with E-state index in [0.717, 1.165) is 24.5 Å². The fraction of sp³-hybridized carbons (Fsp3) is 0.462. The number of nitrogens with zero attached hydrogens (tertiary/aromatic N) is 4. The van der Waals surface area contributed by atoms with Crippen LogP contribution in [0.4, 0.5) is 5.82 Å². The van der Waals surface area contributed by atoms with Gasteiger partial charge in [0.2, 0.25) is 0 Å². The van der Waals surface area contributed by atoms with Crippen molar-refractivity contribution in [2.75, 3.05) is 19.5 Å². The van der Waals surface area contributed by atoms with Crippen LogP contribution in [0.25, 0.3) is 0 Å². The van der Waals surface area contributed by atoms with Crippen molar-refractivity contribution in [1.29, 1.82) is 0 Å². The van der Waals surface area contributed by atoms with E-state index < -0.39 is 0 Å². The molecule has 0 bridgehead atoms. The molecule has 0 fully saturated rings. The molecule has 0 radical (unpaired) electrons. The molecule has 6 nitrogen and oxygen atoms in total. The number of rotatable bonds is 6. The fourth-order valence-corrected chi connectivity index (χ4v) is 2.03. The van der Waals surface area contributed by atoms with Crippen LogP contribution in [0.2, 0.25) is 0 Å². The van der Waals surface area contributed by atoms with E-state index in [4.69, 9.17) is 4.74 Å². The highest BCUT2D eigenvalue weighted by molar-refractivity contribution is 5.52. The Balaban J connectivity index is 2.30. The molecular formula is C13H19N5O. The zero-order chi connectivity index (χ0) is 13.7. The van der Waals surface area contributed by atoms with Gasteiger partial charge in [-0.25, -0.2) is 15.0 Å². The molecule has 2 heterocycles. The third-order valence-electron chi connectivity index (χ3n) is 2.91. The van der Waals surface area contributed by atoms with E-state index in [1.165, 1.54) is 6.33 Å². The second kappa shape index (κ2) is 6.17. The van der Waals surface area contributed by atoms with Gasteiger partial charge < -0.3 is 14.6 Å². The topological polar surface area (TPSA) is 64.9 Å². The quantitative estimate of drug-likeness (QED) is 0.857. The molecule has 0 atom stereocenters. The molecular weight excluding hydrogens is 242 g/mol. The summed E-state index contributed by atoms with van der Waals surface area (Å²) < 4.78 is 7.53. The average Bonchev–Trinajstić information content (AvgIpc) is 2.86. The summed E-state index contributed by atoms with van der Waals surface area (Å²) in [7, 11) is 3.44. The zero-order valence-electron chi connectivity index (χ0n) is 11.6. The SMILES string of the molecule is CCCn1ccnc1Cc1ncnc(NC)c1OC. The van der Waals surface area contributed by atoms with Crippen LogP contribution < -0.4 is 10.1 Å². The van der Waals surface area contributed by atoms with Crippen LogP contribution in [0, 0.1) is 0 Å². The summed E-state index contributed by atoms with van der Waals surface area (Å²) in [5, 5.41) is 3.00. The summed E-state index contributed by atoms with van der Waals surface area (Å²) in [6.45, 7) is 3.11. The van der Waals surface area contributed by atoms with Crippen LogP contribution >= 0.6 is 0 Å². The summed E-state index contributed by atoms with van der Waals surface area (Å²) in [4.78, 5) is 12.8. The highest BCUT2D eigenvalue weighted by Crippen LogP contribution is 2.25. The van der Waals surface area contributed by atoms with Gasteiger partial charge in [0, 0.05) is 26.0 Å². The number of nitrogens with one attached hydrogen (secondary N) is 1. The van der Waals surface area contributed by atoms with Crippen LogP contribution in [0.5, 0.6) is 5.75 Å². The van der Waals surface area contributed by atoms with Crippen molar-refractivity contribution in [3.8, 4) is 5.75 Å². The third kappa shape index (κ3) is 2.83. The van der Waals surface area contributed by atoms with Crippen molar-refractivity contribution in [3.63, 3.8) is 0 Å². The summed E-state index contributed by atoms with van der Waals surface area (Å²) in [5.41, 5.74) is 0.838.